The van der Waals surface area contributed by atoms with Crippen LogP contribution in [0.2, 0.25) is 0 Å². The number of aryl methyl sites for hydroxylation is 1. The number of halogens is 6. The Morgan fingerprint density at radius 1 is 1.02 bits per heavy atom. The number of benzene rings is 2. The highest BCUT2D eigenvalue weighted by Gasteiger charge is 2.45. The van der Waals surface area contributed by atoms with Crippen LogP contribution >= 0.6 is 0 Å². The molecule has 0 radical (unpaired) electrons. The number of unbranched alkanes of at least 4 members (excludes halogenated alkanes) is 1. The van der Waals surface area contributed by atoms with E-state index in [2.05, 4.69) is 20.5 Å². The Hall–Kier alpha value is -5.01. The summed E-state index contributed by atoms with van der Waals surface area (Å²) in [4.78, 5) is 21.7. The molecule has 3 aliphatic rings. The van der Waals surface area contributed by atoms with Gasteiger partial charge in [0.25, 0.3) is 5.91 Å². The number of ether oxygens (including phenoxy) is 1. The van der Waals surface area contributed by atoms with Gasteiger partial charge in [-0.3, -0.25) is 14.6 Å². The molecule has 5 heterocycles. The highest BCUT2D eigenvalue weighted by atomic mass is 19.4. The number of fused-ring (bicyclic) bond motifs is 1. The number of hydrogen-bond acceptors (Lipinski definition) is 8. The SMILES string of the molecule is Cn1cnnc1-c1ccc(C(F)(F)F)cc1-c1cc(NCCCC#N)nc(N2Cc3c(cc(CN4CC[C@@]5(CCO5)C4)cc3C(F)(F)F)C2=O)c1. The molecule has 7 rings (SSSR count). The highest BCUT2D eigenvalue weighted by molar-refractivity contribution is 6.10. The van der Waals surface area contributed by atoms with E-state index in [9.17, 15) is 31.1 Å². The van der Waals surface area contributed by atoms with E-state index in [1.54, 1.807) is 7.05 Å². The number of pyridine rings is 1. The molecule has 2 aromatic heterocycles. The van der Waals surface area contributed by atoms with Crippen LogP contribution < -0.4 is 10.2 Å². The minimum Gasteiger partial charge on any atom is -0.373 e. The summed E-state index contributed by atoms with van der Waals surface area (Å²) in [5.74, 6) is -0.352. The molecule has 1 amide bonds. The van der Waals surface area contributed by atoms with Gasteiger partial charge in [-0.15, -0.1) is 10.2 Å². The second kappa shape index (κ2) is 13.0. The molecular formula is C35H32F6N8O2. The van der Waals surface area contributed by atoms with Gasteiger partial charge in [-0.2, -0.15) is 31.6 Å². The monoisotopic (exact) mass is 710 g/mol. The molecule has 266 valence electrons. The lowest BCUT2D eigenvalue weighted by Gasteiger charge is -2.38. The fraction of sp³-hybridized carbons (Fsp3) is 0.400. The molecule has 0 unspecified atom stereocenters. The molecule has 0 aliphatic carbocycles. The van der Waals surface area contributed by atoms with Crippen molar-refractivity contribution in [1.82, 2.24) is 24.6 Å². The van der Waals surface area contributed by atoms with E-state index < -0.39 is 35.9 Å². The average Bonchev–Trinajstić information content (AvgIpc) is 3.79. The van der Waals surface area contributed by atoms with E-state index in [4.69, 9.17) is 10.00 Å². The lowest BCUT2D eigenvalue weighted by Crippen LogP contribution is -2.45. The van der Waals surface area contributed by atoms with Crippen LogP contribution in [0.4, 0.5) is 38.0 Å². The fourth-order valence-corrected chi connectivity index (χ4v) is 7.00. The summed E-state index contributed by atoms with van der Waals surface area (Å²) in [6.45, 7) is 1.94. The van der Waals surface area contributed by atoms with Gasteiger partial charge in [0, 0.05) is 57.2 Å². The first kappa shape index (κ1) is 34.4. The molecule has 1 N–H and O–H groups in total. The maximum Gasteiger partial charge on any atom is 0.416 e. The third-order valence-corrected chi connectivity index (χ3v) is 9.64. The smallest absolute Gasteiger partial charge is 0.373 e. The number of nitriles is 1. The Bertz CT molecular complexity index is 2030. The predicted octanol–water partition coefficient (Wildman–Crippen LogP) is 6.82. The Morgan fingerprint density at radius 3 is 2.47 bits per heavy atom. The van der Waals surface area contributed by atoms with Crippen LogP contribution in [0.15, 0.2) is 48.8 Å². The minimum atomic E-state index is -4.76. The second-order valence-corrected chi connectivity index (χ2v) is 13.1. The van der Waals surface area contributed by atoms with Crippen molar-refractivity contribution in [2.45, 2.75) is 56.7 Å². The first-order valence-corrected chi connectivity index (χ1v) is 16.3. The quantitative estimate of drug-likeness (QED) is 0.149. The van der Waals surface area contributed by atoms with Gasteiger partial charge in [0.1, 0.15) is 18.0 Å². The van der Waals surface area contributed by atoms with Crippen molar-refractivity contribution in [3.8, 4) is 28.6 Å². The van der Waals surface area contributed by atoms with Gasteiger partial charge >= 0.3 is 12.4 Å². The molecule has 0 saturated carbocycles. The number of alkyl halides is 6. The van der Waals surface area contributed by atoms with Gasteiger partial charge in [-0.1, -0.05) is 0 Å². The molecule has 10 nitrogen and oxygen atoms in total. The van der Waals surface area contributed by atoms with E-state index >= 15 is 0 Å². The van der Waals surface area contributed by atoms with E-state index in [-0.39, 0.29) is 64.8 Å². The van der Waals surface area contributed by atoms with Crippen molar-refractivity contribution in [1.29, 1.82) is 5.26 Å². The summed E-state index contributed by atoms with van der Waals surface area (Å²) in [7, 11) is 1.63. The Balaban J connectivity index is 1.30. The molecule has 16 heteroatoms. The number of anilines is 2. The number of aromatic nitrogens is 4. The zero-order chi connectivity index (χ0) is 36.1. The topological polar surface area (TPSA) is 112 Å². The van der Waals surface area contributed by atoms with Gasteiger partial charge in [0.2, 0.25) is 0 Å². The highest BCUT2D eigenvalue weighted by Crippen LogP contribution is 2.43. The molecule has 2 saturated heterocycles. The summed E-state index contributed by atoms with van der Waals surface area (Å²) in [6.07, 6.45) is -5.73. The molecule has 1 atom stereocenters. The molecular weight excluding hydrogens is 678 g/mol. The summed E-state index contributed by atoms with van der Waals surface area (Å²) in [5.41, 5.74) is -1.50. The van der Waals surface area contributed by atoms with Crippen molar-refractivity contribution >= 4 is 17.5 Å². The van der Waals surface area contributed by atoms with Gasteiger partial charge in [-0.05, 0) is 77.6 Å². The lowest BCUT2D eigenvalue weighted by atomic mass is 9.94. The zero-order valence-corrected chi connectivity index (χ0v) is 27.4. The van der Waals surface area contributed by atoms with Gasteiger partial charge in [0.05, 0.1) is 35.9 Å². The van der Waals surface area contributed by atoms with Crippen LogP contribution in [0.1, 0.15) is 58.3 Å². The van der Waals surface area contributed by atoms with E-state index in [1.807, 2.05) is 11.0 Å². The molecule has 2 fully saturated rings. The molecule has 3 aliphatic heterocycles. The minimum absolute atomic E-state index is 0.0592. The third kappa shape index (κ3) is 6.75. The van der Waals surface area contributed by atoms with Crippen LogP contribution in [0.25, 0.3) is 22.5 Å². The van der Waals surface area contributed by atoms with Crippen molar-refractivity contribution in [2.24, 2.45) is 7.05 Å². The number of nitrogens with one attached hydrogen (secondary N) is 1. The maximum absolute atomic E-state index is 14.6. The molecule has 4 aromatic rings. The van der Waals surface area contributed by atoms with Crippen molar-refractivity contribution in [3.63, 3.8) is 0 Å². The summed E-state index contributed by atoms with van der Waals surface area (Å²) in [5, 5.41) is 20.0. The summed E-state index contributed by atoms with van der Waals surface area (Å²) < 4.78 is 93.0. The van der Waals surface area contributed by atoms with Crippen LogP contribution in [-0.4, -0.2) is 62.4 Å². The second-order valence-electron chi connectivity index (χ2n) is 13.1. The Kier molecular flexibility index (Phi) is 8.75. The average molecular weight is 711 g/mol. The van der Waals surface area contributed by atoms with E-state index in [0.717, 1.165) is 35.9 Å². The Morgan fingerprint density at radius 2 is 1.82 bits per heavy atom. The molecule has 51 heavy (non-hydrogen) atoms. The number of carbonyl (C=O) groups is 1. The maximum atomic E-state index is 14.6. The number of likely N-dealkylation sites (tertiary alicyclic amines) is 1. The summed E-state index contributed by atoms with van der Waals surface area (Å²) >= 11 is 0. The van der Waals surface area contributed by atoms with Crippen LogP contribution in [0, 0.1) is 11.3 Å². The number of hydrogen-bond donors (Lipinski definition) is 1. The lowest BCUT2D eigenvalue weighted by molar-refractivity contribution is -0.139. The third-order valence-electron chi connectivity index (χ3n) is 9.64. The molecule has 0 bridgehead atoms. The normalized spacial score (nSPS) is 19.0. The van der Waals surface area contributed by atoms with Crippen molar-refractivity contribution in [2.75, 3.05) is 36.5 Å². The van der Waals surface area contributed by atoms with E-state index in [0.29, 0.717) is 37.2 Å². The number of carbonyl (C=O) groups excluding carboxylic acids is 1. The van der Waals surface area contributed by atoms with Crippen LogP contribution in [-0.2, 0) is 37.2 Å². The zero-order valence-electron chi connectivity index (χ0n) is 27.4. The van der Waals surface area contributed by atoms with Gasteiger partial charge in [0.15, 0.2) is 5.82 Å². The Labute approximate surface area is 288 Å². The standard InChI is InChI=1S/C35H32F6N8O2/c1-47-20-44-46-31(47)24-5-4-23(34(36,37)38)16-25(24)22-14-29(43-9-3-2-8-42)45-30(15-22)49-18-27-26(32(49)50)12-21(13-28(27)35(39,40)41)17-48-10-6-33(19-48)7-11-51-33/h4-5,12-16,20H,2-3,6-7,9-11,17-19H2,1H3,(H,43,45)/t33-/m1/s1. The largest absolute Gasteiger partial charge is 0.416 e. The number of rotatable bonds is 9. The predicted molar refractivity (Wildman–Crippen MR) is 173 cm³/mol. The first-order chi connectivity index (χ1) is 24.2. The number of nitrogens with zero attached hydrogens (tertiary/aromatic N) is 7. The number of amides is 1. The van der Waals surface area contributed by atoms with Gasteiger partial charge < -0.3 is 14.6 Å². The van der Waals surface area contributed by atoms with Crippen molar-refractivity contribution in [3.05, 3.63) is 76.6 Å². The molecule has 2 aromatic carbocycles. The van der Waals surface area contributed by atoms with E-state index in [1.165, 1.54) is 35.2 Å². The van der Waals surface area contributed by atoms with Gasteiger partial charge in [-0.25, -0.2) is 4.98 Å². The van der Waals surface area contributed by atoms with Crippen LogP contribution in [0.5, 0.6) is 0 Å². The first-order valence-electron chi connectivity index (χ1n) is 16.3. The van der Waals surface area contributed by atoms with Crippen LogP contribution in [0.3, 0.4) is 0 Å². The molecule has 1 spiro atoms. The summed E-state index contributed by atoms with van der Waals surface area (Å²) in [6, 6.07) is 10.6. The van der Waals surface area contributed by atoms with Crippen molar-refractivity contribution < 1.29 is 35.9 Å². The fourth-order valence-electron chi connectivity index (χ4n) is 7.00.